The van der Waals surface area contributed by atoms with Gasteiger partial charge in [-0.3, -0.25) is 4.79 Å². The Hall–Kier alpha value is -1.26. The molecule has 0 bridgehead atoms. The van der Waals surface area contributed by atoms with Gasteiger partial charge in [0.25, 0.3) is 0 Å². The Labute approximate surface area is 121 Å². The number of rotatable bonds is 3. The van der Waals surface area contributed by atoms with Crippen LogP contribution in [0.5, 0.6) is 0 Å². The third-order valence-electron chi connectivity index (χ3n) is 3.50. The minimum Gasteiger partial charge on any atom is -0.466 e. The largest absolute Gasteiger partial charge is 0.466 e. The number of amides is 1. The SMILES string of the molecule is CCOC(=O)[C@@H]1CCN(C(=O)OC(C)(C)C)C[C@H]1CC. The zero-order valence-electron chi connectivity index (χ0n) is 13.3. The highest BCUT2D eigenvalue weighted by molar-refractivity contribution is 5.74. The molecule has 1 rings (SSSR count). The van der Waals surface area contributed by atoms with Gasteiger partial charge in [0.2, 0.25) is 0 Å². The van der Waals surface area contributed by atoms with Crippen molar-refractivity contribution in [3.05, 3.63) is 0 Å². The standard InChI is InChI=1S/C15H27NO4/c1-6-11-10-16(14(18)20-15(3,4)5)9-8-12(11)13(17)19-7-2/h11-12H,6-10H2,1-5H3/t11-,12-/m1/s1. The quantitative estimate of drug-likeness (QED) is 0.748. The molecular formula is C15H27NO4. The van der Waals surface area contributed by atoms with E-state index in [-0.39, 0.29) is 23.9 Å². The molecule has 0 spiro atoms. The Morgan fingerprint density at radius 3 is 2.40 bits per heavy atom. The van der Waals surface area contributed by atoms with Gasteiger partial charge in [-0.15, -0.1) is 0 Å². The van der Waals surface area contributed by atoms with Crippen LogP contribution < -0.4 is 0 Å². The lowest BCUT2D eigenvalue weighted by Crippen LogP contribution is -2.47. The molecule has 0 unspecified atom stereocenters. The summed E-state index contributed by atoms with van der Waals surface area (Å²) in [6, 6.07) is 0. The molecule has 1 fully saturated rings. The Kier molecular flexibility index (Phi) is 5.84. The molecule has 1 heterocycles. The number of esters is 1. The summed E-state index contributed by atoms with van der Waals surface area (Å²) >= 11 is 0. The second-order valence-corrected chi connectivity index (χ2v) is 6.24. The third-order valence-corrected chi connectivity index (χ3v) is 3.50. The van der Waals surface area contributed by atoms with Crippen LogP contribution in [0, 0.1) is 11.8 Å². The number of carbonyl (C=O) groups excluding carboxylic acids is 2. The van der Waals surface area contributed by atoms with E-state index in [9.17, 15) is 9.59 Å². The average Bonchev–Trinajstić information content (AvgIpc) is 2.36. The van der Waals surface area contributed by atoms with Crippen molar-refractivity contribution in [1.82, 2.24) is 4.90 Å². The number of hydrogen-bond donors (Lipinski definition) is 0. The predicted octanol–water partition coefficient (Wildman–Crippen LogP) is 2.83. The van der Waals surface area contributed by atoms with Crippen LogP contribution in [0.15, 0.2) is 0 Å². The van der Waals surface area contributed by atoms with E-state index in [1.807, 2.05) is 34.6 Å². The number of likely N-dealkylation sites (tertiary alicyclic amines) is 1. The number of hydrogen-bond acceptors (Lipinski definition) is 4. The summed E-state index contributed by atoms with van der Waals surface area (Å²) in [5.41, 5.74) is -0.489. The van der Waals surface area contributed by atoms with Gasteiger partial charge in [-0.25, -0.2) is 4.79 Å². The van der Waals surface area contributed by atoms with Crippen molar-refractivity contribution in [2.24, 2.45) is 11.8 Å². The van der Waals surface area contributed by atoms with Crippen LogP contribution in [0.3, 0.4) is 0 Å². The fourth-order valence-electron chi connectivity index (χ4n) is 2.50. The molecule has 0 aromatic rings. The van der Waals surface area contributed by atoms with Crippen LogP contribution in [0.4, 0.5) is 4.79 Å². The average molecular weight is 285 g/mol. The summed E-state index contributed by atoms with van der Waals surface area (Å²) in [7, 11) is 0. The summed E-state index contributed by atoms with van der Waals surface area (Å²) < 4.78 is 10.5. The molecule has 1 aliphatic rings. The summed E-state index contributed by atoms with van der Waals surface area (Å²) in [4.78, 5) is 25.7. The molecule has 1 amide bonds. The predicted molar refractivity (Wildman–Crippen MR) is 76.3 cm³/mol. The third kappa shape index (κ3) is 4.69. The second kappa shape index (κ2) is 6.95. The summed E-state index contributed by atoms with van der Waals surface area (Å²) in [5.74, 6) is -0.0860. The molecule has 5 heteroatoms. The first-order chi connectivity index (χ1) is 9.28. The minimum atomic E-state index is -0.489. The molecule has 0 aromatic heterocycles. The molecule has 1 saturated heterocycles. The van der Waals surface area contributed by atoms with E-state index in [2.05, 4.69) is 0 Å². The summed E-state index contributed by atoms with van der Waals surface area (Å²) in [5, 5.41) is 0. The number of carbonyl (C=O) groups is 2. The van der Waals surface area contributed by atoms with E-state index in [0.29, 0.717) is 26.1 Å². The lowest BCUT2D eigenvalue weighted by Gasteiger charge is -2.37. The highest BCUT2D eigenvalue weighted by Crippen LogP contribution is 2.28. The fraction of sp³-hybridized carbons (Fsp3) is 0.867. The van der Waals surface area contributed by atoms with E-state index >= 15 is 0 Å². The molecule has 0 N–H and O–H groups in total. The number of piperidine rings is 1. The van der Waals surface area contributed by atoms with Crippen molar-refractivity contribution >= 4 is 12.1 Å². The van der Waals surface area contributed by atoms with Crippen LogP contribution in [-0.4, -0.2) is 42.3 Å². The van der Waals surface area contributed by atoms with Gasteiger partial charge < -0.3 is 14.4 Å². The Morgan fingerprint density at radius 1 is 1.25 bits per heavy atom. The van der Waals surface area contributed by atoms with Gasteiger partial charge in [0.1, 0.15) is 5.60 Å². The van der Waals surface area contributed by atoms with Crippen molar-refractivity contribution in [2.75, 3.05) is 19.7 Å². The van der Waals surface area contributed by atoms with Crippen molar-refractivity contribution in [3.8, 4) is 0 Å². The maximum Gasteiger partial charge on any atom is 0.410 e. The Balaban J connectivity index is 2.63. The van der Waals surface area contributed by atoms with Crippen molar-refractivity contribution in [3.63, 3.8) is 0 Å². The lowest BCUT2D eigenvalue weighted by molar-refractivity contribution is -0.152. The zero-order chi connectivity index (χ0) is 15.3. The first-order valence-electron chi connectivity index (χ1n) is 7.43. The van der Waals surface area contributed by atoms with Crippen LogP contribution in [0.1, 0.15) is 47.5 Å². The smallest absolute Gasteiger partial charge is 0.410 e. The molecule has 1 aliphatic heterocycles. The molecule has 2 atom stereocenters. The molecular weight excluding hydrogens is 258 g/mol. The summed E-state index contributed by atoms with van der Waals surface area (Å²) in [6.45, 7) is 10.9. The van der Waals surface area contributed by atoms with E-state index in [1.54, 1.807) is 4.90 Å². The Morgan fingerprint density at radius 2 is 1.90 bits per heavy atom. The highest BCUT2D eigenvalue weighted by Gasteiger charge is 2.36. The second-order valence-electron chi connectivity index (χ2n) is 6.24. The molecule has 0 aliphatic carbocycles. The van der Waals surface area contributed by atoms with Gasteiger partial charge in [-0.05, 0) is 40.0 Å². The van der Waals surface area contributed by atoms with Gasteiger partial charge >= 0.3 is 12.1 Å². The van der Waals surface area contributed by atoms with Gasteiger partial charge in [-0.1, -0.05) is 13.3 Å². The first-order valence-corrected chi connectivity index (χ1v) is 7.43. The van der Waals surface area contributed by atoms with E-state index in [1.165, 1.54) is 0 Å². The van der Waals surface area contributed by atoms with Gasteiger partial charge in [0.15, 0.2) is 0 Å². The Bertz CT molecular complexity index is 348. The van der Waals surface area contributed by atoms with Crippen molar-refractivity contribution in [1.29, 1.82) is 0 Å². The van der Waals surface area contributed by atoms with Crippen molar-refractivity contribution < 1.29 is 19.1 Å². The first kappa shape index (κ1) is 16.8. The number of ether oxygens (including phenoxy) is 2. The molecule has 116 valence electrons. The minimum absolute atomic E-state index is 0.0985. The number of nitrogens with zero attached hydrogens (tertiary/aromatic N) is 1. The highest BCUT2D eigenvalue weighted by atomic mass is 16.6. The maximum atomic E-state index is 12.1. The molecule has 0 saturated carbocycles. The molecule has 0 aromatic carbocycles. The van der Waals surface area contributed by atoms with Gasteiger partial charge in [0, 0.05) is 13.1 Å². The van der Waals surface area contributed by atoms with E-state index < -0.39 is 5.60 Å². The van der Waals surface area contributed by atoms with Crippen LogP contribution in [0.25, 0.3) is 0 Å². The molecule has 5 nitrogen and oxygen atoms in total. The molecule has 0 radical (unpaired) electrons. The van der Waals surface area contributed by atoms with E-state index in [0.717, 1.165) is 6.42 Å². The van der Waals surface area contributed by atoms with Crippen molar-refractivity contribution in [2.45, 2.75) is 53.1 Å². The van der Waals surface area contributed by atoms with Crippen LogP contribution >= 0.6 is 0 Å². The molecule has 20 heavy (non-hydrogen) atoms. The summed E-state index contributed by atoms with van der Waals surface area (Å²) in [6.07, 6.45) is 1.21. The van der Waals surface area contributed by atoms with Crippen LogP contribution in [-0.2, 0) is 14.3 Å². The lowest BCUT2D eigenvalue weighted by atomic mass is 9.84. The maximum absolute atomic E-state index is 12.1. The normalized spacial score (nSPS) is 23.4. The van der Waals surface area contributed by atoms with Gasteiger partial charge in [-0.2, -0.15) is 0 Å². The van der Waals surface area contributed by atoms with Gasteiger partial charge in [0.05, 0.1) is 12.5 Å². The van der Waals surface area contributed by atoms with E-state index in [4.69, 9.17) is 9.47 Å². The fourth-order valence-corrected chi connectivity index (χ4v) is 2.50. The zero-order valence-corrected chi connectivity index (χ0v) is 13.3. The van der Waals surface area contributed by atoms with Crippen LogP contribution in [0.2, 0.25) is 0 Å². The topological polar surface area (TPSA) is 55.8 Å². The monoisotopic (exact) mass is 285 g/mol.